The number of anilines is 3. The van der Waals surface area contributed by atoms with Crippen molar-refractivity contribution in [3.8, 4) is 0 Å². The van der Waals surface area contributed by atoms with Gasteiger partial charge in [0.05, 0.1) is 5.69 Å². The van der Waals surface area contributed by atoms with Crippen LogP contribution in [0.5, 0.6) is 0 Å². The second kappa shape index (κ2) is 6.62. The van der Waals surface area contributed by atoms with Crippen molar-refractivity contribution in [2.75, 3.05) is 55.0 Å². The molecule has 2 fully saturated rings. The Bertz CT molecular complexity index is 800. The predicted octanol–water partition coefficient (Wildman–Crippen LogP) is 2.20. The fourth-order valence-corrected chi connectivity index (χ4v) is 4.03. The van der Waals surface area contributed by atoms with Gasteiger partial charge >= 0.3 is 0 Å². The zero-order chi connectivity index (χ0) is 19.2. The number of fused-ring (bicyclic) bond motifs is 1. The van der Waals surface area contributed by atoms with Crippen LogP contribution in [0, 0.1) is 11.8 Å². The Kier molecular flexibility index (Phi) is 4.40. The molecule has 4 heterocycles. The highest BCUT2D eigenvalue weighted by molar-refractivity contribution is 5.47. The third-order valence-corrected chi connectivity index (χ3v) is 5.58. The molecule has 2 unspecified atom stereocenters. The Hall–Kier alpha value is -2.44. The molecule has 0 N–H and O–H groups in total. The lowest BCUT2D eigenvalue weighted by molar-refractivity contribution is 0.533. The molecule has 144 valence electrons. The first-order valence-corrected chi connectivity index (χ1v) is 9.64. The lowest BCUT2D eigenvalue weighted by Gasteiger charge is -2.25. The Morgan fingerprint density at radius 1 is 0.926 bits per heavy atom. The van der Waals surface area contributed by atoms with Crippen LogP contribution in [0.4, 0.5) is 17.6 Å². The van der Waals surface area contributed by atoms with Crippen molar-refractivity contribution in [2.24, 2.45) is 11.8 Å². The molecule has 0 saturated carbocycles. The average Bonchev–Trinajstić information content (AvgIpc) is 3.20. The van der Waals surface area contributed by atoms with Gasteiger partial charge in [0.1, 0.15) is 18.0 Å². The topological polar surface area (TPSA) is 61.3 Å². The average molecular weight is 368 g/mol. The highest BCUT2D eigenvalue weighted by Gasteiger charge is 2.41. The fraction of sp³-hybridized carbons (Fsp3) is 0.600. The van der Waals surface area contributed by atoms with E-state index in [1.54, 1.807) is 6.33 Å². The molecule has 0 radical (unpaired) electrons. The van der Waals surface area contributed by atoms with Gasteiger partial charge in [-0.15, -0.1) is 0 Å². The molecule has 2 aromatic heterocycles. The number of hydrogen-bond acceptors (Lipinski definition) is 7. The highest BCUT2D eigenvalue weighted by atomic mass is 15.3. The van der Waals surface area contributed by atoms with Crippen molar-refractivity contribution in [2.45, 2.75) is 26.2 Å². The normalized spacial score (nSPS) is 22.3. The van der Waals surface area contributed by atoms with Gasteiger partial charge in [-0.2, -0.15) is 4.98 Å². The van der Waals surface area contributed by atoms with Crippen LogP contribution in [0.1, 0.15) is 26.5 Å². The van der Waals surface area contributed by atoms with E-state index in [1.165, 1.54) is 0 Å². The van der Waals surface area contributed by atoms with Gasteiger partial charge in [0.15, 0.2) is 0 Å². The second-order valence-corrected chi connectivity index (χ2v) is 8.95. The zero-order valence-electron chi connectivity index (χ0n) is 16.9. The molecule has 0 amide bonds. The van der Waals surface area contributed by atoms with Crippen molar-refractivity contribution in [1.82, 2.24) is 19.9 Å². The van der Waals surface area contributed by atoms with Gasteiger partial charge in [0.25, 0.3) is 0 Å². The van der Waals surface area contributed by atoms with E-state index in [9.17, 15) is 0 Å². The monoisotopic (exact) mass is 367 g/mol. The number of hydrogen-bond donors (Lipinski definition) is 0. The first-order chi connectivity index (χ1) is 12.8. The van der Waals surface area contributed by atoms with Crippen LogP contribution in [-0.4, -0.2) is 60.2 Å². The van der Waals surface area contributed by atoms with E-state index in [4.69, 9.17) is 4.98 Å². The molecule has 0 aliphatic carbocycles. The lowest BCUT2D eigenvalue weighted by Crippen LogP contribution is -2.30. The largest absolute Gasteiger partial charge is 0.356 e. The molecule has 2 atom stereocenters. The number of nitrogens with zero attached hydrogens (tertiary/aromatic N) is 7. The van der Waals surface area contributed by atoms with E-state index in [2.05, 4.69) is 51.6 Å². The van der Waals surface area contributed by atoms with Gasteiger partial charge < -0.3 is 14.7 Å². The minimum atomic E-state index is 0.0429. The van der Waals surface area contributed by atoms with Crippen LogP contribution < -0.4 is 14.7 Å². The summed E-state index contributed by atoms with van der Waals surface area (Å²) in [7, 11) is 3.95. The van der Waals surface area contributed by atoms with Crippen LogP contribution in [-0.2, 0) is 5.41 Å². The molecule has 27 heavy (non-hydrogen) atoms. The summed E-state index contributed by atoms with van der Waals surface area (Å²) in [6.45, 7) is 10.8. The molecule has 2 aliphatic heterocycles. The minimum absolute atomic E-state index is 0.0429. The smallest absolute Gasteiger partial charge is 0.226 e. The number of aromatic nitrogens is 4. The second-order valence-electron chi connectivity index (χ2n) is 8.95. The summed E-state index contributed by atoms with van der Waals surface area (Å²) >= 11 is 0. The molecule has 7 heteroatoms. The quantitative estimate of drug-likeness (QED) is 0.824. The third-order valence-electron chi connectivity index (χ3n) is 5.58. The number of rotatable bonds is 3. The van der Waals surface area contributed by atoms with E-state index in [-0.39, 0.29) is 5.41 Å². The summed E-state index contributed by atoms with van der Waals surface area (Å²) in [5, 5.41) is 0. The van der Waals surface area contributed by atoms with Gasteiger partial charge in [-0.3, -0.25) is 0 Å². The van der Waals surface area contributed by atoms with Gasteiger partial charge in [0.2, 0.25) is 5.95 Å². The summed E-state index contributed by atoms with van der Waals surface area (Å²) in [6.07, 6.45) is 3.56. The van der Waals surface area contributed by atoms with Crippen molar-refractivity contribution < 1.29 is 0 Å². The fourth-order valence-electron chi connectivity index (χ4n) is 4.03. The van der Waals surface area contributed by atoms with Crippen molar-refractivity contribution in [3.05, 3.63) is 30.4 Å². The summed E-state index contributed by atoms with van der Waals surface area (Å²) < 4.78 is 0. The Balaban J connectivity index is 1.45. The maximum absolute atomic E-state index is 4.70. The highest BCUT2D eigenvalue weighted by Crippen LogP contribution is 2.35. The van der Waals surface area contributed by atoms with Crippen LogP contribution in [0.2, 0.25) is 0 Å². The van der Waals surface area contributed by atoms with Gasteiger partial charge in [-0.1, -0.05) is 20.8 Å². The molecule has 4 rings (SSSR count). The van der Waals surface area contributed by atoms with E-state index >= 15 is 0 Å². The summed E-state index contributed by atoms with van der Waals surface area (Å²) in [5.74, 6) is 4.16. The van der Waals surface area contributed by atoms with E-state index in [1.807, 2.05) is 31.3 Å². The molecule has 2 saturated heterocycles. The van der Waals surface area contributed by atoms with Gasteiger partial charge in [-0.25, -0.2) is 15.0 Å². The van der Waals surface area contributed by atoms with Gasteiger partial charge in [0, 0.05) is 69.8 Å². The molecule has 2 aliphatic rings. The zero-order valence-corrected chi connectivity index (χ0v) is 16.9. The SMILES string of the molecule is CN(C)c1nccc(N2CC3CN(c4cc(C(C)(C)C)ncn4)CC3C2)n1. The molecular weight excluding hydrogens is 338 g/mol. The first-order valence-electron chi connectivity index (χ1n) is 9.64. The van der Waals surface area contributed by atoms with Crippen LogP contribution in [0.25, 0.3) is 0 Å². The maximum atomic E-state index is 4.70. The minimum Gasteiger partial charge on any atom is -0.356 e. The summed E-state index contributed by atoms with van der Waals surface area (Å²) in [4.78, 5) is 24.8. The lowest BCUT2D eigenvalue weighted by atomic mass is 9.92. The van der Waals surface area contributed by atoms with Crippen LogP contribution in [0.3, 0.4) is 0 Å². The summed E-state index contributed by atoms with van der Waals surface area (Å²) in [6, 6.07) is 4.18. The van der Waals surface area contributed by atoms with Crippen LogP contribution in [0.15, 0.2) is 24.7 Å². The third kappa shape index (κ3) is 3.55. The van der Waals surface area contributed by atoms with E-state index in [0.29, 0.717) is 11.8 Å². The molecular formula is C20H29N7. The molecule has 7 nitrogen and oxygen atoms in total. The molecule has 0 aromatic carbocycles. The van der Waals surface area contributed by atoms with E-state index in [0.717, 1.165) is 49.5 Å². The van der Waals surface area contributed by atoms with Crippen LogP contribution >= 0.6 is 0 Å². The van der Waals surface area contributed by atoms with Gasteiger partial charge in [-0.05, 0) is 6.07 Å². The summed E-state index contributed by atoms with van der Waals surface area (Å²) in [5.41, 5.74) is 1.14. The molecule has 2 aromatic rings. The molecule has 0 bridgehead atoms. The molecule has 0 spiro atoms. The standard InChI is InChI=1S/C20H29N7/c1-20(2,3)16-8-18(23-13-22-16)27-11-14-9-26(10-15(14)12-27)17-6-7-21-19(24-17)25(4)5/h6-8,13-15H,9-12H2,1-5H3. The first kappa shape index (κ1) is 17.9. The Morgan fingerprint density at radius 3 is 2.15 bits per heavy atom. The Morgan fingerprint density at radius 2 is 1.56 bits per heavy atom. The Labute approximate surface area is 161 Å². The van der Waals surface area contributed by atoms with Crippen molar-refractivity contribution in [1.29, 1.82) is 0 Å². The predicted molar refractivity (Wildman–Crippen MR) is 108 cm³/mol. The van der Waals surface area contributed by atoms with Crippen molar-refractivity contribution in [3.63, 3.8) is 0 Å². The van der Waals surface area contributed by atoms with E-state index < -0.39 is 0 Å². The van der Waals surface area contributed by atoms with Crippen molar-refractivity contribution >= 4 is 17.6 Å². The maximum Gasteiger partial charge on any atom is 0.226 e.